The number of hydrogen-bond acceptors (Lipinski definition) is 4. The van der Waals surface area contributed by atoms with Gasteiger partial charge in [-0.05, 0) is 59.5 Å². The molecule has 29 heavy (non-hydrogen) atoms. The molecule has 0 spiro atoms. The molecule has 2 aliphatic heterocycles. The standard InChI is InChI=1S/C23H17N3O3/c27-21(14-26-22(28)18-3-1-2-4-19(18)23(26)29)25-12-9-17-13-16(5-6-20(17)25)15-7-10-24-11-8-15/h1-8,10-11,13H,9,12,14H2. The molecule has 2 aliphatic rings. The first-order chi connectivity index (χ1) is 14.1. The molecule has 3 heterocycles. The number of nitrogens with zero attached hydrogens (tertiary/aromatic N) is 3. The number of rotatable bonds is 3. The summed E-state index contributed by atoms with van der Waals surface area (Å²) in [6, 6.07) is 16.5. The van der Waals surface area contributed by atoms with Crippen molar-refractivity contribution in [3.05, 3.63) is 83.7 Å². The summed E-state index contributed by atoms with van der Waals surface area (Å²) < 4.78 is 0. The van der Waals surface area contributed by atoms with E-state index in [4.69, 9.17) is 0 Å². The third-order valence-electron chi connectivity index (χ3n) is 5.46. The van der Waals surface area contributed by atoms with Crippen molar-refractivity contribution >= 4 is 23.4 Å². The normalized spacial score (nSPS) is 14.9. The zero-order chi connectivity index (χ0) is 20.0. The molecule has 0 fully saturated rings. The van der Waals surface area contributed by atoms with Crippen LogP contribution in [0.1, 0.15) is 26.3 Å². The van der Waals surface area contributed by atoms with Crippen LogP contribution in [0.15, 0.2) is 67.0 Å². The van der Waals surface area contributed by atoms with E-state index in [0.29, 0.717) is 17.7 Å². The lowest BCUT2D eigenvalue weighted by molar-refractivity contribution is -0.118. The summed E-state index contributed by atoms with van der Waals surface area (Å²) in [5.41, 5.74) is 4.77. The van der Waals surface area contributed by atoms with Gasteiger partial charge in [0.1, 0.15) is 6.54 Å². The quantitative estimate of drug-likeness (QED) is 0.652. The lowest BCUT2D eigenvalue weighted by Gasteiger charge is -2.21. The first-order valence-corrected chi connectivity index (χ1v) is 9.42. The van der Waals surface area contributed by atoms with Crippen LogP contribution in [-0.2, 0) is 11.2 Å². The summed E-state index contributed by atoms with van der Waals surface area (Å²) in [7, 11) is 0. The maximum Gasteiger partial charge on any atom is 0.262 e. The van der Waals surface area contributed by atoms with E-state index in [2.05, 4.69) is 11.1 Å². The molecule has 0 aliphatic carbocycles. The number of fused-ring (bicyclic) bond motifs is 2. The highest BCUT2D eigenvalue weighted by molar-refractivity contribution is 6.22. The summed E-state index contributed by atoms with van der Waals surface area (Å²) in [6.45, 7) is 0.287. The fraction of sp³-hybridized carbons (Fsp3) is 0.130. The number of amides is 3. The van der Waals surface area contributed by atoms with Crippen LogP contribution in [0.25, 0.3) is 11.1 Å². The van der Waals surface area contributed by atoms with Crippen molar-refractivity contribution in [3.63, 3.8) is 0 Å². The monoisotopic (exact) mass is 383 g/mol. The fourth-order valence-corrected chi connectivity index (χ4v) is 3.99. The molecule has 0 saturated heterocycles. The number of benzene rings is 2. The second kappa shape index (κ2) is 6.67. The van der Waals surface area contributed by atoms with E-state index < -0.39 is 11.8 Å². The van der Waals surface area contributed by atoms with Gasteiger partial charge in [-0.1, -0.05) is 18.2 Å². The first-order valence-electron chi connectivity index (χ1n) is 9.42. The molecular formula is C23H17N3O3. The number of pyridine rings is 1. The Morgan fingerprint density at radius 2 is 1.59 bits per heavy atom. The second-order valence-corrected chi connectivity index (χ2v) is 7.12. The van der Waals surface area contributed by atoms with Crippen molar-refractivity contribution in [1.29, 1.82) is 0 Å². The predicted octanol–water partition coefficient (Wildman–Crippen LogP) is 2.93. The minimum Gasteiger partial charge on any atom is -0.310 e. The fourth-order valence-electron chi connectivity index (χ4n) is 3.99. The van der Waals surface area contributed by atoms with Crippen molar-refractivity contribution in [2.75, 3.05) is 18.0 Å². The Balaban J connectivity index is 1.37. The van der Waals surface area contributed by atoms with Crippen LogP contribution in [0, 0.1) is 0 Å². The molecule has 3 amide bonds. The van der Waals surface area contributed by atoms with Gasteiger partial charge in [0, 0.05) is 24.6 Å². The van der Waals surface area contributed by atoms with Crippen molar-refractivity contribution in [2.45, 2.75) is 6.42 Å². The maximum absolute atomic E-state index is 12.9. The maximum atomic E-state index is 12.9. The highest BCUT2D eigenvalue weighted by Gasteiger charge is 2.38. The summed E-state index contributed by atoms with van der Waals surface area (Å²) in [6.07, 6.45) is 4.24. The van der Waals surface area contributed by atoms with Crippen LogP contribution in [0.3, 0.4) is 0 Å². The summed E-state index contributed by atoms with van der Waals surface area (Å²) >= 11 is 0. The van der Waals surface area contributed by atoms with Gasteiger partial charge in [0.05, 0.1) is 11.1 Å². The van der Waals surface area contributed by atoms with Crippen LogP contribution in [0.5, 0.6) is 0 Å². The number of anilines is 1. The van der Waals surface area contributed by atoms with Gasteiger partial charge in [0.25, 0.3) is 11.8 Å². The summed E-state index contributed by atoms with van der Waals surface area (Å²) in [4.78, 5) is 44.7. The summed E-state index contributed by atoms with van der Waals surface area (Å²) in [5, 5.41) is 0. The van der Waals surface area contributed by atoms with Gasteiger partial charge in [-0.3, -0.25) is 24.3 Å². The van der Waals surface area contributed by atoms with Crippen LogP contribution >= 0.6 is 0 Å². The molecule has 0 bridgehead atoms. The van der Waals surface area contributed by atoms with Crippen LogP contribution in [0.2, 0.25) is 0 Å². The highest BCUT2D eigenvalue weighted by atomic mass is 16.2. The molecule has 5 rings (SSSR count). The van der Waals surface area contributed by atoms with Crippen LogP contribution in [0.4, 0.5) is 5.69 Å². The minimum absolute atomic E-state index is 0.252. The number of hydrogen-bond donors (Lipinski definition) is 0. The lowest BCUT2D eigenvalue weighted by atomic mass is 10.0. The number of carbonyl (C=O) groups excluding carboxylic acids is 3. The van der Waals surface area contributed by atoms with Gasteiger partial charge >= 0.3 is 0 Å². The van der Waals surface area contributed by atoms with Gasteiger partial charge in [-0.25, -0.2) is 0 Å². The van der Waals surface area contributed by atoms with E-state index in [1.165, 1.54) is 0 Å². The molecule has 6 heteroatoms. The van der Waals surface area contributed by atoms with Gasteiger partial charge in [-0.2, -0.15) is 0 Å². The largest absolute Gasteiger partial charge is 0.310 e. The van der Waals surface area contributed by atoms with E-state index in [-0.39, 0.29) is 12.5 Å². The molecular weight excluding hydrogens is 366 g/mol. The Kier molecular flexibility index (Phi) is 3.98. The average molecular weight is 383 g/mol. The zero-order valence-corrected chi connectivity index (χ0v) is 15.5. The van der Waals surface area contributed by atoms with E-state index in [0.717, 1.165) is 33.7 Å². The molecule has 1 aromatic heterocycles. The van der Waals surface area contributed by atoms with Crippen LogP contribution in [-0.4, -0.2) is 40.7 Å². The van der Waals surface area contributed by atoms with Gasteiger partial charge in [-0.15, -0.1) is 0 Å². The Labute approximate surface area is 167 Å². The topological polar surface area (TPSA) is 70.6 Å². The Morgan fingerprint density at radius 1 is 0.897 bits per heavy atom. The molecule has 6 nitrogen and oxygen atoms in total. The van der Waals surface area contributed by atoms with E-state index in [1.54, 1.807) is 41.6 Å². The number of aromatic nitrogens is 1. The molecule has 0 atom stereocenters. The van der Waals surface area contributed by atoms with Crippen LogP contribution < -0.4 is 4.90 Å². The number of carbonyl (C=O) groups is 3. The highest BCUT2D eigenvalue weighted by Crippen LogP contribution is 2.33. The van der Waals surface area contributed by atoms with Gasteiger partial charge < -0.3 is 4.90 Å². The molecule has 0 N–H and O–H groups in total. The lowest BCUT2D eigenvalue weighted by Crippen LogP contribution is -2.42. The molecule has 0 unspecified atom stereocenters. The molecule has 0 radical (unpaired) electrons. The Morgan fingerprint density at radius 3 is 2.28 bits per heavy atom. The van der Waals surface area contributed by atoms with Gasteiger partial charge in [0.2, 0.25) is 5.91 Å². The Bertz CT molecular complexity index is 1120. The van der Waals surface area contributed by atoms with Crippen molar-refractivity contribution in [1.82, 2.24) is 9.88 Å². The Hall–Kier alpha value is -3.80. The molecule has 3 aromatic rings. The SMILES string of the molecule is O=C1c2ccccc2C(=O)N1CC(=O)N1CCc2cc(-c3ccncc3)ccc21. The first kappa shape index (κ1) is 17.3. The zero-order valence-electron chi connectivity index (χ0n) is 15.5. The third kappa shape index (κ3) is 2.81. The molecule has 0 saturated carbocycles. The van der Waals surface area contributed by atoms with E-state index >= 15 is 0 Å². The second-order valence-electron chi connectivity index (χ2n) is 7.12. The average Bonchev–Trinajstić information content (AvgIpc) is 3.29. The summed E-state index contributed by atoms with van der Waals surface area (Å²) in [5.74, 6) is -1.08. The van der Waals surface area contributed by atoms with Crippen molar-refractivity contribution < 1.29 is 14.4 Å². The van der Waals surface area contributed by atoms with Crippen molar-refractivity contribution in [2.24, 2.45) is 0 Å². The smallest absolute Gasteiger partial charge is 0.262 e. The van der Waals surface area contributed by atoms with E-state index in [9.17, 15) is 14.4 Å². The third-order valence-corrected chi connectivity index (χ3v) is 5.46. The molecule has 142 valence electrons. The van der Waals surface area contributed by atoms with Gasteiger partial charge in [0.15, 0.2) is 0 Å². The minimum atomic E-state index is -0.411. The number of imide groups is 1. The van der Waals surface area contributed by atoms with E-state index in [1.807, 2.05) is 24.3 Å². The predicted molar refractivity (Wildman–Crippen MR) is 108 cm³/mol. The molecule has 2 aromatic carbocycles. The van der Waals surface area contributed by atoms with Crippen molar-refractivity contribution in [3.8, 4) is 11.1 Å².